The Morgan fingerprint density at radius 2 is 1.93 bits per heavy atom. The van der Waals surface area contributed by atoms with Crippen LogP contribution in [0, 0.1) is 11.3 Å². The van der Waals surface area contributed by atoms with E-state index in [1.807, 2.05) is 30.3 Å². The maximum absolute atomic E-state index is 8.80. The van der Waals surface area contributed by atoms with Gasteiger partial charge in [0.1, 0.15) is 0 Å². The zero-order valence-corrected chi connectivity index (χ0v) is 8.53. The van der Waals surface area contributed by atoms with Crippen LogP contribution in [-0.2, 0) is 11.3 Å². The molecule has 2 rings (SSSR count). The van der Waals surface area contributed by atoms with Crippen molar-refractivity contribution >= 4 is 10.8 Å². The van der Waals surface area contributed by atoms with Crippen molar-refractivity contribution in [2.24, 2.45) is 0 Å². The second kappa shape index (κ2) is 4.12. The van der Waals surface area contributed by atoms with Gasteiger partial charge in [-0.2, -0.15) is 5.26 Å². The molecule has 0 N–H and O–H groups in total. The summed E-state index contributed by atoms with van der Waals surface area (Å²) in [6.45, 7) is 0.604. The number of methoxy groups -OCH3 is 1. The molecule has 0 amide bonds. The predicted octanol–water partition coefficient (Wildman–Crippen LogP) is 2.86. The number of ether oxygens (including phenoxy) is 1. The molecule has 0 unspecified atom stereocenters. The van der Waals surface area contributed by atoms with Crippen molar-refractivity contribution in [3.63, 3.8) is 0 Å². The van der Waals surface area contributed by atoms with Gasteiger partial charge in [0, 0.05) is 7.11 Å². The van der Waals surface area contributed by atoms with Gasteiger partial charge in [-0.05, 0) is 34.5 Å². The third kappa shape index (κ3) is 1.98. The predicted molar refractivity (Wildman–Crippen MR) is 59.4 cm³/mol. The van der Waals surface area contributed by atoms with Crippen LogP contribution in [0.1, 0.15) is 11.1 Å². The van der Waals surface area contributed by atoms with E-state index >= 15 is 0 Å². The smallest absolute Gasteiger partial charge is 0.0991 e. The lowest BCUT2D eigenvalue weighted by Gasteiger charge is -2.02. The third-order valence-corrected chi connectivity index (χ3v) is 2.34. The Bertz CT molecular complexity index is 526. The fourth-order valence-electron chi connectivity index (χ4n) is 1.62. The third-order valence-electron chi connectivity index (χ3n) is 2.34. The minimum Gasteiger partial charge on any atom is -0.380 e. The highest BCUT2D eigenvalue weighted by Gasteiger charge is 1.97. The summed E-state index contributed by atoms with van der Waals surface area (Å²) in [5.74, 6) is 0. The number of hydrogen-bond donors (Lipinski definition) is 0. The van der Waals surface area contributed by atoms with E-state index in [0.717, 1.165) is 16.3 Å². The number of nitriles is 1. The second-order valence-corrected chi connectivity index (χ2v) is 3.44. The fraction of sp³-hybridized carbons (Fsp3) is 0.154. The highest BCUT2D eigenvalue weighted by atomic mass is 16.5. The molecular formula is C13H11NO. The van der Waals surface area contributed by atoms with Crippen LogP contribution in [0.25, 0.3) is 10.8 Å². The van der Waals surface area contributed by atoms with Gasteiger partial charge in [-0.25, -0.2) is 0 Å². The summed E-state index contributed by atoms with van der Waals surface area (Å²) in [6.07, 6.45) is 0. The number of fused-ring (bicyclic) bond motifs is 1. The number of nitrogens with zero attached hydrogens (tertiary/aromatic N) is 1. The normalized spacial score (nSPS) is 10.1. The fourth-order valence-corrected chi connectivity index (χ4v) is 1.62. The van der Waals surface area contributed by atoms with Crippen molar-refractivity contribution < 1.29 is 4.74 Å². The first-order valence-corrected chi connectivity index (χ1v) is 4.75. The first-order chi connectivity index (χ1) is 7.33. The van der Waals surface area contributed by atoms with Gasteiger partial charge in [-0.1, -0.05) is 18.2 Å². The summed E-state index contributed by atoms with van der Waals surface area (Å²) in [4.78, 5) is 0. The van der Waals surface area contributed by atoms with E-state index in [1.54, 1.807) is 7.11 Å². The minimum atomic E-state index is 0.604. The highest BCUT2D eigenvalue weighted by Crippen LogP contribution is 2.18. The summed E-state index contributed by atoms with van der Waals surface area (Å²) in [7, 11) is 1.68. The first-order valence-electron chi connectivity index (χ1n) is 4.75. The van der Waals surface area contributed by atoms with Crippen molar-refractivity contribution in [2.45, 2.75) is 6.61 Å². The average Bonchev–Trinajstić information content (AvgIpc) is 2.28. The Hall–Kier alpha value is -1.85. The van der Waals surface area contributed by atoms with Gasteiger partial charge in [-0.15, -0.1) is 0 Å². The molecule has 0 aliphatic heterocycles. The Morgan fingerprint density at radius 1 is 1.13 bits per heavy atom. The van der Waals surface area contributed by atoms with Crippen molar-refractivity contribution in [3.05, 3.63) is 47.5 Å². The first kappa shape index (κ1) is 9.70. The number of hydrogen-bond acceptors (Lipinski definition) is 2. The molecule has 0 bridgehead atoms. The lowest BCUT2D eigenvalue weighted by molar-refractivity contribution is 0.185. The zero-order valence-electron chi connectivity index (χ0n) is 8.53. The lowest BCUT2D eigenvalue weighted by atomic mass is 10.1. The van der Waals surface area contributed by atoms with Gasteiger partial charge in [0.05, 0.1) is 18.2 Å². The topological polar surface area (TPSA) is 33.0 Å². The van der Waals surface area contributed by atoms with Crippen LogP contribution in [-0.4, -0.2) is 7.11 Å². The van der Waals surface area contributed by atoms with Gasteiger partial charge in [0.25, 0.3) is 0 Å². The van der Waals surface area contributed by atoms with Crippen LogP contribution < -0.4 is 0 Å². The maximum Gasteiger partial charge on any atom is 0.0991 e. The van der Waals surface area contributed by atoms with Gasteiger partial charge in [0.15, 0.2) is 0 Å². The van der Waals surface area contributed by atoms with E-state index < -0.39 is 0 Å². The summed E-state index contributed by atoms with van der Waals surface area (Å²) >= 11 is 0. The summed E-state index contributed by atoms with van der Waals surface area (Å²) < 4.78 is 5.07. The molecule has 2 nitrogen and oxygen atoms in total. The van der Waals surface area contributed by atoms with Gasteiger partial charge in [0.2, 0.25) is 0 Å². The van der Waals surface area contributed by atoms with Crippen LogP contribution in [0.2, 0.25) is 0 Å². The largest absolute Gasteiger partial charge is 0.380 e. The van der Waals surface area contributed by atoms with Crippen molar-refractivity contribution in [1.29, 1.82) is 5.26 Å². The van der Waals surface area contributed by atoms with E-state index in [2.05, 4.69) is 12.1 Å². The molecule has 0 saturated carbocycles. The van der Waals surface area contributed by atoms with Crippen molar-refractivity contribution in [2.75, 3.05) is 7.11 Å². The Morgan fingerprint density at radius 3 is 2.67 bits per heavy atom. The van der Waals surface area contributed by atoms with E-state index in [1.165, 1.54) is 0 Å². The Balaban J connectivity index is 2.54. The molecule has 2 aromatic rings. The second-order valence-electron chi connectivity index (χ2n) is 3.44. The highest BCUT2D eigenvalue weighted by molar-refractivity contribution is 5.84. The van der Waals surface area contributed by atoms with Crippen LogP contribution >= 0.6 is 0 Å². The molecule has 74 valence electrons. The van der Waals surface area contributed by atoms with Gasteiger partial charge < -0.3 is 4.74 Å². The molecule has 0 heterocycles. The van der Waals surface area contributed by atoms with E-state index in [0.29, 0.717) is 12.2 Å². The minimum absolute atomic E-state index is 0.604. The SMILES string of the molecule is COCc1ccc2ccc(C#N)cc2c1. The molecule has 2 aromatic carbocycles. The van der Waals surface area contributed by atoms with E-state index in [9.17, 15) is 0 Å². The zero-order chi connectivity index (χ0) is 10.7. The lowest BCUT2D eigenvalue weighted by Crippen LogP contribution is -1.87. The maximum atomic E-state index is 8.80. The molecule has 15 heavy (non-hydrogen) atoms. The van der Waals surface area contributed by atoms with E-state index in [4.69, 9.17) is 10.00 Å². The summed E-state index contributed by atoms with van der Waals surface area (Å²) in [5.41, 5.74) is 1.82. The molecule has 0 aromatic heterocycles. The molecular weight excluding hydrogens is 186 g/mol. The molecule has 2 heteroatoms. The molecule has 0 aliphatic rings. The van der Waals surface area contributed by atoms with Crippen LogP contribution in [0.15, 0.2) is 36.4 Å². The Kier molecular flexibility index (Phi) is 2.66. The van der Waals surface area contributed by atoms with Crippen molar-refractivity contribution in [1.82, 2.24) is 0 Å². The molecule has 0 spiro atoms. The molecule has 0 saturated heterocycles. The molecule has 0 fully saturated rings. The standard InChI is InChI=1S/C13H11NO/c1-15-9-11-3-5-12-4-2-10(8-14)6-13(12)7-11/h2-7H,9H2,1H3. The molecule has 0 aliphatic carbocycles. The quantitative estimate of drug-likeness (QED) is 0.741. The number of benzene rings is 2. The van der Waals surface area contributed by atoms with Crippen LogP contribution in [0.4, 0.5) is 0 Å². The van der Waals surface area contributed by atoms with Gasteiger partial charge >= 0.3 is 0 Å². The molecule has 0 atom stereocenters. The monoisotopic (exact) mass is 197 g/mol. The van der Waals surface area contributed by atoms with Crippen molar-refractivity contribution in [3.8, 4) is 6.07 Å². The Labute approximate surface area is 88.7 Å². The van der Waals surface area contributed by atoms with Gasteiger partial charge in [-0.3, -0.25) is 0 Å². The average molecular weight is 197 g/mol. The van der Waals surface area contributed by atoms with Crippen LogP contribution in [0.5, 0.6) is 0 Å². The number of rotatable bonds is 2. The molecule has 0 radical (unpaired) electrons. The van der Waals surface area contributed by atoms with Crippen LogP contribution in [0.3, 0.4) is 0 Å². The van der Waals surface area contributed by atoms with E-state index in [-0.39, 0.29) is 0 Å². The summed E-state index contributed by atoms with van der Waals surface area (Å²) in [5, 5.41) is 11.0. The summed E-state index contributed by atoms with van der Waals surface area (Å²) in [6, 6.07) is 14.0.